The molecule has 0 spiro atoms. The number of nitrogens with zero attached hydrogens (tertiary/aromatic N) is 1. The van der Waals surface area contributed by atoms with Gasteiger partial charge in [0, 0.05) is 25.3 Å². The molecule has 1 aliphatic heterocycles. The smallest absolute Gasteiger partial charge is 0.235 e. The molecule has 0 radical (unpaired) electrons. The molecular weight excluding hydrogens is 280 g/mol. The van der Waals surface area contributed by atoms with Crippen LogP contribution in [-0.4, -0.2) is 49.7 Å². The lowest BCUT2D eigenvalue weighted by Gasteiger charge is -2.29. The molecular formula is C14H19ClN2O3. The van der Waals surface area contributed by atoms with Gasteiger partial charge < -0.3 is 20.1 Å². The quantitative estimate of drug-likeness (QED) is 0.793. The maximum atomic E-state index is 11.0. The normalized spacial score (nSPS) is 16.8. The van der Waals surface area contributed by atoms with Gasteiger partial charge in [0.15, 0.2) is 0 Å². The average Bonchev–Trinajstić information content (AvgIpc) is 2.53. The Morgan fingerprint density at radius 2 is 2.00 bits per heavy atom. The standard InChI is InChI=1S/C14H19ClN2O3/c15-9-14(19)16-10-13(18)11-1-3-12(4-2-11)17-5-7-20-8-6-17/h1-4,13,18H,5-10H2,(H,16,19). The van der Waals surface area contributed by atoms with Crippen LogP contribution in [0.1, 0.15) is 11.7 Å². The van der Waals surface area contributed by atoms with Crippen LogP contribution < -0.4 is 10.2 Å². The number of aliphatic hydroxyl groups is 1. The summed E-state index contributed by atoms with van der Waals surface area (Å²) in [5, 5.41) is 12.5. The molecule has 0 aliphatic carbocycles. The average molecular weight is 299 g/mol. The minimum atomic E-state index is -0.721. The summed E-state index contributed by atoms with van der Waals surface area (Å²) in [6, 6.07) is 7.71. The van der Waals surface area contributed by atoms with E-state index >= 15 is 0 Å². The Morgan fingerprint density at radius 3 is 2.60 bits per heavy atom. The number of carbonyl (C=O) groups excluding carboxylic acids is 1. The molecule has 1 aromatic rings. The number of nitrogens with one attached hydrogen (secondary N) is 1. The summed E-state index contributed by atoms with van der Waals surface area (Å²) in [4.78, 5) is 13.3. The highest BCUT2D eigenvalue weighted by molar-refractivity contribution is 6.27. The summed E-state index contributed by atoms with van der Waals surface area (Å²) in [5.74, 6) is -0.376. The van der Waals surface area contributed by atoms with Gasteiger partial charge in [-0.1, -0.05) is 12.1 Å². The third-order valence-electron chi connectivity index (χ3n) is 3.27. The van der Waals surface area contributed by atoms with Crippen molar-refractivity contribution in [2.75, 3.05) is 43.6 Å². The molecule has 110 valence electrons. The van der Waals surface area contributed by atoms with Crippen LogP contribution in [0.2, 0.25) is 0 Å². The van der Waals surface area contributed by atoms with Gasteiger partial charge in [0.05, 0.1) is 19.3 Å². The lowest BCUT2D eigenvalue weighted by atomic mass is 10.1. The van der Waals surface area contributed by atoms with E-state index < -0.39 is 6.10 Å². The molecule has 0 saturated carbocycles. The number of alkyl halides is 1. The van der Waals surface area contributed by atoms with Crippen LogP contribution in [0.15, 0.2) is 24.3 Å². The fourth-order valence-corrected chi connectivity index (χ4v) is 2.20. The zero-order chi connectivity index (χ0) is 14.4. The number of rotatable bonds is 5. The van der Waals surface area contributed by atoms with Crippen LogP contribution in [0.4, 0.5) is 5.69 Å². The molecule has 20 heavy (non-hydrogen) atoms. The van der Waals surface area contributed by atoms with E-state index in [4.69, 9.17) is 16.3 Å². The van der Waals surface area contributed by atoms with Gasteiger partial charge in [-0.3, -0.25) is 4.79 Å². The Labute approximate surface area is 123 Å². The molecule has 1 aliphatic rings. The second-order valence-corrected chi connectivity index (χ2v) is 4.91. The van der Waals surface area contributed by atoms with Crippen LogP contribution in [0.5, 0.6) is 0 Å². The van der Waals surface area contributed by atoms with Gasteiger partial charge in [0.25, 0.3) is 0 Å². The lowest BCUT2D eigenvalue weighted by molar-refractivity contribution is -0.119. The molecule has 1 unspecified atom stereocenters. The zero-order valence-electron chi connectivity index (χ0n) is 11.2. The van der Waals surface area contributed by atoms with Crippen LogP contribution in [0, 0.1) is 0 Å². The molecule has 1 amide bonds. The number of amides is 1. The molecule has 2 N–H and O–H groups in total. The first-order valence-electron chi connectivity index (χ1n) is 6.64. The first-order valence-corrected chi connectivity index (χ1v) is 7.17. The van der Waals surface area contributed by atoms with E-state index in [0.29, 0.717) is 0 Å². The number of ether oxygens (including phenoxy) is 1. The highest BCUT2D eigenvalue weighted by atomic mass is 35.5. The molecule has 6 heteroatoms. The number of halogens is 1. The Bertz CT molecular complexity index is 433. The van der Waals surface area contributed by atoms with E-state index in [0.717, 1.165) is 37.6 Å². The van der Waals surface area contributed by atoms with Gasteiger partial charge in [0.1, 0.15) is 5.88 Å². The number of anilines is 1. The molecule has 2 rings (SSSR count). The molecule has 1 aromatic carbocycles. The molecule has 0 bridgehead atoms. The minimum absolute atomic E-state index is 0.0946. The molecule has 1 atom stereocenters. The summed E-state index contributed by atoms with van der Waals surface area (Å²) in [7, 11) is 0. The molecule has 1 saturated heterocycles. The van der Waals surface area contributed by atoms with Crippen molar-refractivity contribution in [3.63, 3.8) is 0 Å². The summed E-state index contributed by atoms with van der Waals surface area (Å²) in [6.45, 7) is 3.42. The number of carbonyl (C=O) groups is 1. The second-order valence-electron chi connectivity index (χ2n) is 4.64. The summed E-state index contributed by atoms with van der Waals surface area (Å²) in [5.41, 5.74) is 1.89. The van der Waals surface area contributed by atoms with Gasteiger partial charge in [-0.15, -0.1) is 11.6 Å². The number of hydrogen-bond acceptors (Lipinski definition) is 4. The lowest BCUT2D eigenvalue weighted by Crippen LogP contribution is -2.36. The van der Waals surface area contributed by atoms with Crippen molar-refractivity contribution < 1.29 is 14.6 Å². The predicted octanol–water partition coefficient (Wildman–Crippen LogP) is 0.912. The van der Waals surface area contributed by atoms with Gasteiger partial charge in [-0.2, -0.15) is 0 Å². The highest BCUT2D eigenvalue weighted by Crippen LogP contribution is 2.19. The van der Waals surface area contributed by atoms with E-state index in [2.05, 4.69) is 10.2 Å². The maximum Gasteiger partial charge on any atom is 0.235 e. The van der Waals surface area contributed by atoms with Crippen molar-refractivity contribution in [3.05, 3.63) is 29.8 Å². The first-order chi connectivity index (χ1) is 9.70. The fourth-order valence-electron chi connectivity index (χ4n) is 2.10. The molecule has 0 aromatic heterocycles. The summed E-state index contributed by atoms with van der Waals surface area (Å²) < 4.78 is 5.32. The highest BCUT2D eigenvalue weighted by Gasteiger charge is 2.13. The Morgan fingerprint density at radius 1 is 1.35 bits per heavy atom. The van der Waals surface area contributed by atoms with Crippen molar-refractivity contribution in [3.8, 4) is 0 Å². The van der Waals surface area contributed by atoms with Crippen molar-refractivity contribution in [2.45, 2.75) is 6.10 Å². The predicted molar refractivity (Wildman–Crippen MR) is 78.2 cm³/mol. The summed E-state index contributed by atoms with van der Waals surface area (Å²) >= 11 is 5.38. The van der Waals surface area contributed by atoms with Crippen molar-refractivity contribution in [1.29, 1.82) is 0 Å². The van der Waals surface area contributed by atoms with E-state index in [9.17, 15) is 9.90 Å². The number of benzene rings is 1. The van der Waals surface area contributed by atoms with Crippen LogP contribution >= 0.6 is 11.6 Å². The zero-order valence-corrected chi connectivity index (χ0v) is 12.0. The first kappa shape index (κ1) is 15.1. The van der Waals surface area contributed by atoms with Gasteiger partial charge >= 0.3 is 0 Å². The van der Waals surface area contributed by atoms with Crippen LogP contribution in [0.25, 0.3) is 0 Å². The third kappa shape index (κ3) is 4.10. The van der Waals surface area contributed by atoms with Crippen molar-refractivity contribution >= 4 is 23.2 Å². The Kier molecular flexibility index (Phi) is 5.64. The number of morpholine rings is 1. The van der Waals surface area contributed by atoms with E-state index in [1.54, 1.807) is 0 Å². The maximum absolute atomic E-state index is 11.0. The second kappa shape index (κ2) is 7.47. The molecule has 1 fully saturated rings. The van der Waals surface area contributed by atoms with Gasteiger partial charge in [0.2, 0.25) is 5.91 Å². The SMILES string of the molecule is O=C(CCl)NCC(O)c1ccc(N2CCOCC2)cc1. The van der Waals surface area contributed by atoms with E-state index in [1.165, 1.54) is 0 Å². The third-order valence-corrected chi connectivity index (χ3v) is 3.51. The monoisotopic (exact) mass is 298 g/mol. The Hall–Kier alpha value is -1.30. The molecule has 1 heterocycles. The fraction of sp³-hybridized carbons (Fsp3) is 0.500. The number of hydrogen-bond donors (Lipinski definition) is 2. The van der Waals surface area contributed by atoms with E-state index in [-0.39, 0.29) is 18.3 Å². The minimum Gasteiger partial charge on any atom is -0.387 e. The topological polar surface area (TPSA) is 61.8 Å². The Balaban J connectivity index is 1.91. The summed E-state index contributed by atoms with van der Waals surface area (Å²) in [6.07, 6.45) is -0.721. The van der Waals surface area contributed by atoms with Gasteiger partial charge in [-0.25, -0.2) is 0 Å². The van der Waals surface area contributed by atoms with E-state index in [1.807, 2.05) is 24.3 Å². The number of aliphatic hydroxyl groups excluding tert-OH is 1. The van der Waals surface area contributed by atoms with Crippen molar-refractivity contribution in [2.24, 2.45) is 0 Å². The molecule has 5 nitrogen and oxygen atoms in total. The van der Waals surface area contributed by atoms with Crippen molar-refractivity contribution in [1.82, 2.24) is 5.32 Å². The van der Waals surface area contributed by atoms with Crippen LogP contribution in [0.3, 0.4) is 0 Å². The van der Waals surface area contributed by atoms with Crippen LogP contribution in [-0.2, 0) is 9.53 Å². The van der Waals surface area contributed by atoms with Gasteiger partial charge in [-0.05, 0) is 17.7 Å². The largest absolute Gasteiger partial charge is 0.387 e.